The van der Waals surface area contributed by atoms with Crippen molar-refractivity contribution >= 4 is 17.6 Å². The van der Waals surface area contributed by atoms with Gasteiger partial charge in [0, 0.05) is 49.6 Å². The number of carbonyl (C=O) groups excluding carboxylic acids is 1. The van der Waals surface area contributed by atoms with Gasteiger partial charge in [0.25, 0.3) is 0 Å². The van der Waals surface area contributed by atoms with Crippen LogP contribution in [0.1, 0.15) is 78.7 Å². The number of nitriles is 1. The van der Waals surface area contributed by atoms with Gasteiger partial charge in [-0.2, -0.15) is 5.26 Å². The van der Waals surface area contributed by atoms with E-state index < -0.39 is 17.1 Å². The number of pyridine rings is 2. The third-order valence-corrected chi connectivity index (χ3v) is 8.36. The second kappa shape index (κ2) is 15.2. The molecule has 2 aliphatic rings. The Bertz CT molecular complexity index is 1280. The zero-order valence-corrected chi connectivity index (χ0v) is 27.2. The van der Waals surface area contributed by atoms with Crippen LogP contribution in [0.4, 0.5) is 11.6 Å². The fraction of sp³-hybridized carbons (Fsp3) is 0.647. The van der Waals surface area contributed by atoms with Crippen LogP contribution in [0.25, 0.3) is 11.3 Å². The molecule has 2 fully saturated rings. The maximum atomic E-state index is 12.2. The van der Waals surface area contributed by atoms with Crippen LogP contribution >= 0.6 is 0 Å². The smallest absolute Gasteiger partial charge is 0.335 e. The Kier molecular flexibility index (Phi) is 11.6. The third kappa shape index (κ3) is 9.88. The molecule has 1 aliphatic carbocycles. The van der Waals surface area contributed by atoms with Crippen molar-refractivity contribution in [1.82, 2.24) is 15.3 Å². The van der Waals surface area contributed by atoms with E-state index in [9.17, 15) is 10.1 Å². The van der Waals surface area contributed by atoms with Gasteiger partial charge in [-0.3, -0.25) is 0 Å². The van der Waals surface area contributed by atoms with Crippen molar-refractivity contribution in [3.8, 4) is 17.3 Å². The first-order valence-electron chi connectivity index (χ1n) is 16.0. The topological polar surface area (TPSA) is 130 Å². The molecule has 240 valence electrons. The quantitative estimate of drug-likeness (QED) is 0.261. The molecule has 1 saturated carbocycles. The van der Waals surface area contributed by atoms with E-state index in [0.29, 0.717) is 38.4 Å². The summed E-state index contributed by atoms with van der Waals surface area (Å²) in [5.74, 6) is 1.29. The number of rotatable bonds is 12. The Labute approximate surface area is 262 Å². The number of aryl methyl sites for hydroxylation is 1. The second-order valence-corrected chi connectivity index (χ2v) is 13.4. The van der Waals surface area contributed by atoms with Crippen molar-refractivity contribution in [2.75, 3.05) is 37.0 Å². The Balaban J connectivity index is 1.26. The monoisotopic (exact) mass is 606 g/mol. The van der Waals surface area contributed by atoms with Crippen LogP contribution < -0.4 is 16.0 Å². The van der Waals surface area contributed by atoms with Gasteiger partial charge in [0.2, 0.25) is 0 Å². The van der Waals surface area contributed by atoms with E-state index in [1.165, 1.54) is 0 Å². The number of nitrogens with one attached hydrogen (secondary N) is 3. The molecule has 1 saturated heterocycles. The van der Waals surface area contributed by atoms with Crippen molar-refractivity contribution in [1.29, 1.82) is 5.26 Å². The predicted octanol–water partition coefficient (Wildman–Crippen LogP) is 5.63. The molecular formula is C34H50N6O4. The van der Waals surface area contributed by atoms with Crippen LogP contribution in [0.15, 0.2) is 30.5 Å². The summed E-state index contributed by atoms with van der Waals surface area (Å²) in [6.45, 7) is 13.7. The summed E-state index contributed by atoms with van der Waals surface area (Å²) in [6.07, 6.45) is 6.94. The lowest BCUT2D eigenvalue weighted by Crippen LogP contribution is -2.44. The van der Waals surface area contributed by atoms with Crippen molar-refractivity contribution in [3.63, 3.8) is 0 Å². The molecule has 2 atom stereocenters. The van der Waals surface area contributed by atoms with E-state index in [4.69, 9.17) is 19.2 Å². The number of anilines is 2. The van der Waals surface area contributed by atoms with Gasteiger partial charge in [-0.1, -0.05) is 6.07 Å². The maximum Gasteiger partial charge on any atom is 0.335 e. The fourth-order valence-electron chi connectivity index (χ4n) is 5.72. The van der Waals surface area contributed by atoms with Gasteiger partial charge >= 0.3 is 5.97 Å². The van der Waals surface area contributed by atoms with E-state index >= 15 is 0 Å². The predicted molar refractivity (Wildman–Crippen MR) is 172 cm³/mol. The number of nitrogens with zero attached hydrogens (tertiary/aromatic N) is 3. The summed E-state index contributed by atoms with van der Waals surface area (Å²) in [5, 5.41) is 20.5. The fourth-order valence-corrected chi connectivity index (χ4v) is 5.72. The van der Waals surface area contributed by atoms with Crippen molar-refractivity contribution in [2.45, 2.75) is 110 Å². The summed E-state index contributed by atoms with van der Waals surface area (Å²) < 4.78 is 16.7. The molecule has 1 aliphatic heterocycles. The molecule has 0 radical (unpaired) electrons. The van der Waals surface area contributed by atoms with Crippen LogP contribution in [-0.2, 0) is 19.0 Å². The van der Waals surface area contributed by atoms with Crippen molar-refractivity contribution in [2.24, 2.45) is 5.41 Å². The molecule has 2 aromatic heterocycles. The lowest BCUT2D eigenvalue weighted by molar-refractivity contribution is -0.167. The highest BCUT2D eigenvalue weighted by atomic mass is 16.6. The first-order chi connectivity index (χ1) is 20.9. The molecular weight excluding hydrogens is 556 g/mol. The van der Waals surface area contributed by atoms with Crippen LogP contribution in [-0.4, -0.2) is 72.1 Å². The van der Waals surface area contributed by atoms with Crippen LogP contribution in [0.2, 0.25) is 0 Å². The van der Waals surface area contributed by atoms with Gasteiger partial charge in [0.05, 0.1) is 23.8 Å². The Morgan fingerprint density at radius 2 is 1.84 bits per heavy atom. The third-order valence-electron chi connectivity index (χ3n) is 8.36. The molecule has 3 heterocycles. The SMILES string of the molecule is Cc1cnc(NC2CCC(N[C@H](C)CO[C@H](C)C(=O)OC(C)(C)C)CC2)cc1-c1cccc(NCC2(C#N)CCOCC2)n1. The molecule has 10 nitrogen and oxygen atoms in total. The second-order valence-electron chi connectivity index (χ2n) is 13.4. The normalized spacial score (nSPS) is 21.5. The van der Waals surface area contributed by atoms with E-state index in [1.54, 1.807) is 6.92 Å². The average Bonchev–Trinajstić information content (AvgIpc) is 3.00. The summed E-state index contributed by atoms with van der Waals surface area (Å²) >= 11 is 0. The zero-order chi connectivity index (χ0) is 31.7. The molecule has 0 spiro atoms. The highest BCUT2D eigenvalue weighted by Gasteiger charge is 2.32. The average molecular weight is 607 g/mol. The lowest BCUT2D eigenvalue weighted by atomic mass is 9.82. The van der Waals surface area contributed by atoms with Crippen LogP contribution in [0.5, 0.6) is 0 Å². The minimum absolute atomic E-state index is 0.135. The molecule has 10 heteroatoms. The standard InChI is InChI=1S/C34H50N6O4/c1-23-19-36-31(18-28(23)29-8-7-9-30(40-29)37-22-34(21-35)14-16-42-17-15-34)39-27-12-10-26(11-13-27)38-24(2)20-43-25(3)32(41)44-33(4,5)6/h7-9,18-19,24-27,38H,10-17,20,22H2,1-6H3,(H,36,39)(H,37,40)/t24-,25-,26?,27?/m1/s1. The van der Waals surface area contributed by atoms with Gasteiger partial charge in [-0.25, -0.2) is 14.8 Å². The molecule has 0 bridgehead atoms. The number of esters is 1. The highest BCUT2D eigenvalue weighted by Crippen LogP contribution is 2.31. The van der Waals surface area contributed by atoms with Crippen molar-refractivity contribution < 1.29 is 19.0 Å². The number of hydrogen-bond acceptors (Lipinski definition) is 10. The Morgan fingerprint density at radius 3 is 2.52 bits per heavy atom. The zero-order valence-electron chi connectivity index (χ0n) is 27.2. The lowest BCUT2D eigenvalue weighted by Gasteiger charge is -2.32. The minimum atomic E-state index is -0.591. The summed E-state index contributed by atoms with van der Waals surface area (Å²) in [4.78, 5) is 21.7. The highest BCUT2D eigenvalue weighted by molar-refractivity contribution is 5.74. The van der Waals surface area contributed by atoms with E-state index in [1.807, 2.05) is 45.2 Å². The van der Waals surface area contributed by atoms with E-state index in [0.717, 1.165) is 67.0 Å². The van der Waals surface area contributed by atoms with Gasteiger partial charge in [0.15, 0.2) is 6.10 Å². The largest absolute Gasteiger partial charge is 0.458 e. The van der Waals surface area contributed by atoms with Gasteiger partial charge in [-0.05, 0) is 104 Å². The molecule has 0 amide bonds. The summed E-state index contributed by atoms with van der Waals surface area (Å²) in [6, 6.07) is 11.4. The molecule has 44 heavy (non-hydrogen) atoms. The van der Waals surface area contributed by atoms with Gasteiger partial charge in [-0.15, -0.1) is 0 Å². The molecule has 2 aromatic rings. The molecule has 0 unspecified atom stereocenters. The first-order valence-corrected chi connectivity index (χ1v) is 16.0. The first kappa shape index (κ1) is 33.6. The molecule has 0 aromatic carbocycles. The van der Waals surface area contributed by atoms with Gasteiger partial charge < -0.3 is 30.2 Å². The number of hydrogen-bond donors (Lipinski definition) is 3. The minimum Gasteiger partial charge on any atom is -0.458 e. The maximum absolute atomic E-state index is 12.2. The number of aromatic nitrogens is 2. The van der Waals surface area contributed by atoms with Crippen LogP contribution in [0, 0.1) is 23.7 Å². The Morgan fingerprint density at radius 1 is 1.14 bits per heavy atom. The van der Waals surface area contributed by atoms with Crippen molar-refractivity contribution in [3.05, 3.63) is 36.0 Å². The van der Waals surface area contributed by atoms with E-state index in [-0.39, 0.29) is 12.0 Å². The summed E-state index contributed by atoms with van der Waals surface area (Å²) in [7, 11) is 0. The molecule has 4 rings (SSSR count). The Hall–Kier alpha value is -3.26. The summed E-state index contributed by atoms with van der Waals surface area (Å²) in [5.41, 5.74) is 2.04. The van der Waals surface area contributed by atoms with Crippen LogP contribution in [0.3, 0.4) is 0 Å². The van der Waals surface area contributed by atoms with E-state index in [2.05, 4.69) is 46.9 Å². The molecule has 3 N–H and O–H groups in total. The van der Waals surface area contributed by atoms with Gasteiger partial charge in [0.1, 0.15) is 17.2 Å². The number of carbonyl (C=O) groups is 1. The number of ether oxygens (including phenoxy) is 3.